The predicted molar refractivity (Wildman–Crippen MR) is 83.9 cm³/mol. The first-order valence-electron chi connectivity index (χ1n) is 6.42. The first-order valence-corrected chi connectivity index (χ1v) is 7.17. The highest BCUT2D eigenvalue weighted by Crippen LogP contribution is 2.22. The van der Waals surface area contributed by atoms with E-state index < -0.39 is 0 Å². The SMILES string of the molecule is CN(C)[C@@H](CNC(=O)c1ccc(Cl)cc1Cl)c1ccco1. The second-order valence-electron chi connectivity index (χ2n) is 4.83. The van der Waals surface area contributed by atoms with Crippen molar-refractivity contribution in [1.29, 1.82) is 0 Å². The van der Waals surface area contributed by atoms with Crippen LogP contribution in [0.5, 0.6) is 0 Å². The molecule has 1 N–H and O–H groups in total. The van der Waals surface area contributed by atoms with Crippen LogP contribution in [0.25, 0.3) is 0 Å². The maximum atomic E-state index is 12.2. The zero-order chi connectivity index (χ0) is 15.4. The molecule has 1 atom stereocenters. The van der Waals surface area contributed by atoms with Gasteiger partial charge in [-0.15, -0.1) is 0 Å². The van der Waals surface area contributed by atoms with Gasteiger partial charge in [-0.1, -0.05) is 23.2 Å². The van der Waals surface area contributed by atoms with Crippen LogP contribution in [0.3, 0.4) is 0 Å². The number of amides is 1. The number of nitrogens with one attached hydrogen (secondary N) is 1. The van der Waals surface area contributed by atoms with Gasteiger partial charge < -0.3 is 9.73 Å². The molecule has 4 nitrogen and oxygen atoms in total. The fraction of sp³-hybridized carbons (Fsp3) is 0.267. The molecule has 6 heteroatoms. The molecule has 2 rings (SSSR count). The quantitative estimate of drug-likeness (QED) is 0.912. The molecule has 0 aliphatic carbocycles. The number of likely N-dealkylation sites (N-methyl/N-ethyl adjacent to an activating group) is 1. The summed E-state index contributed by atoms with van der Waals surface area (Å²) in [5.41, 5.74) is 0.401. The summed E-state index contributed by atoms with van der Waals surface area (Å²) in [5.74, 6) is 0.553. The number of furan rings is 1. The maximum Gasteiger partial charge on any atom is 0.252 e. The smallest absolute Gasteiger partial charge is 0.252 e. The van der Waals surface area contributed by atoms with Gasteiger partial charge in [0.2, 0.25) is 0 Å². The van der Waals surface area contributed by atoms with Crippen molar-refractivity contribution in [1.82, 2.24) is 10.2 Å². The van der Waals surface area contributed by atoms with Gasteiger partial charge in [0.05, 0.1) is 22.9 Å². The number of carbonyl (C=O) groups excluding carboxylic acids is 1. The van der Waals surface area contributed by atoms with Crippen LogP contribution < -0.4 is 5.32 Å². The third-order valence-corrected chi connectivity index (χ3v) is 3.67. The lowest BCUT2D eigenvalue weighted by molar-refractivity contribution is 0.0939. The van der Waals surface area contributed by atoms with Gasteiger partial charge in [-0.2, -0.15) is 0 Å². The molecular weight excluding hydrogens is 311 g/mol. The lowest BCUT2D eigenvalue weighted by Gasteiger charge is -2.22. The van der Waals surface area contributed by atoms with Crippen molar-refractivity contribution in [2.75, 3.05) is 20.6 Å². The van der Waals surface area contributed by atoms with Crippen molar-refractivity contribution < 1.29 is 9.21 Å². The highest BCUT2D eigenvalue weighted by Gasteiger charge is 2.19. The van der Waals surface area contributed by atoms with E-state index in [-0.39, 0.29) is 11.9 Å². The van der Waals surface area contributed by atoms with Gasteiger partial charge in [-0.3, -0.25) is 9.69 Å². The Labute approximate surface area is 133 Å². The summed E-state index contributed by atoms with van der Waals surface area (Å²) in [4.78, 5) is 14.2. The molecule has 0 fully saturated rings. The summed E-state index contributed by atoms with van der Waals surface area (Å²) < 4.78 is 5.40. The Balaban J connectivity index is 2.05. The second kappa shape index (κ2) is 6.98. The Morgan fingerprint density at radius 2 is 2.10 bits per heavy atom. The van der Waals surface area contributed by atoms with Crippen molar-refractivity contribution in [2.45, 2.75) is 6.04 Å². The van der Waals surface area contributed by atoms with E-state index in [1.54, 1.807) is 24.5 Å². The molecule has 0 radical (unpaired) electrons. The Kier molecular flexibility index (Phi) is 5.28. The predicted octanol–water partition coefficient (Wildman–Crippen LogP) is 3.62. The van der Waals surface area contributed by atoms with Crippen LogP contribution in [0.4, 0.5) is 0 Å². The summed E-state index contributed by atoms with van der Waals surface area (Å²) in [5, 5.41) is 3.69. The first-order chi connectivity index (χ1) is 9.99. The van der Waals surface area contributed by atoms with E-state index in [1.807, 2.05) is 31.1 Å². The molecule has 1 heterocycles. The minimum atomic E-state index is -0.241. The van der Waals surface area contributed by atoms with Crippen LogP contribution in [-0.4, -0.2) is 31.4 Å². The van der Waals surface area contributed by atoms with Crippen LogP contribution in [0.1, 0.15) is 22.2 Å². The minimum Gasteiger partial charge on any atom is -0.468 e. The third-order valence-electron chi connectivity index (χ3n) is 3.13. The molecule has 0 spiro atoms. The van der Waals surface area contributed by atoms with Crippen molar-refractivity contribution in [3.05, 3.63) is 58.0 Å². The number of carbonyl (C=O) groups is 1. The molecule has 21 heavy (non-hydrogen) atoms. The van der Waals surface area contributed by atoms with Gasteiger partial charge in [0.15, 0.2) is 0 Å². The third kappa shape index (κ3) is 4.00. The van der Waals surface area contributed by atoms with Crippen LogP contribution in [-0.2, 0) is 0 Å². The monoisotopic (exact) mass is 326 g/mol. The molecule has 0 saturated heterocycles. The summed E-state index contributed by atoms with van der Waals surface area (Å²) >= 11 is 11.9. The fourth-order valence-corrected chi connectivity index (χ4v) is 2.47. The topological polar surface area (TPSA) is 45.5 Å². The lowest BCUT2D eigenvalue weighted by atomic mass is 10.1. The normalized spacial score (nSPS) is 12.4. The molecular formula is C15H16Cl2N2O2. The maximum absolute atomic E-state index is 12.2. The molecule has 1 aromatic carbocycles. The molecule has 1 amide bonds. The van der Waals surface area contributed by atoms with Gasteiger partial charge in [0.25, 0.3) is 5.91 Å². The fourth-order valence-electron chi connectivity index (χ4n) is 1.98. The molecule has 0 aliphatic heterocycles. The number of hydrogen-bond donors (Lipinski definition) is 1. The van der Waals surface area contributed by atoms with Crippen LogP contribution in [0.15, 0.2) is 41.0 Å². The zero-order valence-electron chi connectivity index (χ0n) is 11.8. The minimum absolute atomic E-state index is 0.0463. The molecule has 0 unspecified atom stereocenters. The Morgan fingerprint density at radius 3 is 2.67 bits per heavy atom. The molecule has 0 aliphatic rings. The van der Waals surface area contributed by atoms with Gasteiger partial charge in [0, 0.05) is 11.6 Å². The van der Waals surface area contributed by atoms with Gasteiger partial charge in [-0.25, -0.2) is 0 Å². The highest BCUT2D eigenvalue weighted by atomic mass is 35.5. The van der Waals surface area contributed by atoms with E-state index in [2.05, 4.69) is 5.32 Å². The average molecular weight is 327 g/mol. The number of halogens is 2. The van der Waals surface area contributed by atoms with E-state index in [0.717, 1.165) is 5.76 Å². The number of nitrogens with zero attached hydrogens (tertiary/aromatic N) is 1. The zero-order valence-corrected chi connectivity index (χ0v) is 13.3. The molecule has 2 aromatic rings. The average Bonchev–Trinajstić information content (AvgIpc) is 2.92. The molecule has 0 saturated carbocycles. The number of rotatable bonds is 5. The number of benzene rings is 1. The van der Waals surface area contributed by atoms with Crippen molar-refractivity contribution >= 4 is 29.1 Å². The van der Waals surface area contributed by atoms with E-state index in [9.17, 15) is 4.79 Å². The largest absolute Gasteiger partial charge is 0.468 e. The summed E-state index contributed by atoms with van der Waals surface area (Å²) in [6.45, 7) is 0.415. The van der Waals surface area contributed by atoms with Gasteiger partial charge >= 0.3 is 0 Å². The Bertz CT molecular complexity index is 612. The lowest BCUT2D eigenvalue weighted by Crippen LogP contribution is -2.34. The van der Waals surface area contributed by atoms with Gasteiger partial charge in [0.1, 0.15) is 5.76 Å². The Hall–Kier alpha value is -1.49. The van der Waals surface area contributed by atoms with E-state index in [1.165, 1.54) is 0 Å². The summed E-state index contributed by atoms with van der Waals surface area (Å²) in [6.07, 6.45) is 1.61. The standard InChI is InChI=1S/C15H16Cl2N2O2/c1-19(2)13(14-4-3-7-21-14)9-18-15(20)11-6-5-10(16)8-12(11)17/h3-8,13H,9H2,1-2H3,(H,18,20)/t13-/m0/s1. The van der Waals surface area contributed by atoms with E-state index in [4.69, 9.17) is 27.6 Å². The summed E-state index contributed by atoms with van der Waals surface area (Å²) in [7, 11) is 3.85. The molecule has 112 valence electrons. The highest BCUT2D eigenvalue weighted by molar-refractivity contribution is 6.36. The summed E-state index contributed by atoms with van der Waals surface area (Å²) in [6, 6.07) is 8.45. The van der Waals surface area contributed by atoms with Crippen LogP contribution >= 0.6 is 23.2 Å². The number of hydrogen-bond acceptors (Lipinski definition) is 3. The first kappa shape index (κ1) is 15.9. The van der Waals surface area contributed by atoms with Crippen molar-refractivity contribution in [2.24, 2.45) is 0 Å². The molecule has 0 bridgehead atoms. The van der Waals surface area contributed by atoms with Crippen LogP contribution in [0, 0.1) is 0 Å². The second-order valence-corrected chi connectivity index (χ2v) is 5.67. The molecule has 1 aromatic heterocycles. The van der Waals surface area contributed by atoms with Crippen LogP contribution in [0.2, 0.25) is 10.0 Å². The van der Waals surface area contributed by atoms with E-state index in [0.29, 0.717) is 22.2 Å². The van der Waals surface area contributed by atoms with E-state index >= 15 is 0 Å². The van der Waals surface area contributed by atoms with Crippen molar-refractivity contribution in [3.63, 3.8) is 0 Å². The Morgan fingerprint density at radius 1 is 1.33 bits per heavy atom. The van der Waals surface area contributed by atoms with Gasteiger partial charge in [-0.05, 0) is 44.4 Å². The van der Waals surface area contributed by atoms with Crippen molar-refractivity contribution in [3.8, 4) is 0 Å².